The molecule has 0 aromatic heterocycles. The molecular weight excluding hydrogens is 654 g/mol. The fourth-order valence-corrected chi connectivity index (χ4v) is 4.42. The highest BCUT2D eigenvalue weighted by atomic mass is 16.6. The number of piperidine rings is 1. The van der Waals surface area contributed by atoms with Gasteiger partial charge >= 0.3 is 0 Å². The predicted octanol–water partition coefficient (Wildman–Crippen LogP) is 2.15. The Morgan fingerprint density at radius 1 is 0.360 bits per heavy atom. The average molecular weight is 720 g/mol. The van der Waals surface area contributed by atoms with Gasteiger partial charge in [-0.2, -0.15) is 0 Å². The molecule has 14 nitrogen and oxygen atoms in total. The van der Waals surface area contributed by atoms with E-state index in [0.29, 0.717) is 171 Å². The van der Waals surface area contributed by atoms with Gasteiger partial charge in [0.15, 0.2) is 0 Å². The maximum absolute atomic E-state index is 5.79. The summed E-state index contributed by atoms with van der Waals surface area (Å²) in [4.78, 5) is 0. The molecule has 0 aliphatic carbocycles. The molecule has 2 rings (SSSR count). The van der Waals surface area contributed by atoms with Gasteiger partial charge < -0.3 is 66.9 Å². The summed E-state index contributed by atoms with van der Waals surface area (Å²) in [6, 6.07) is 10.1. The van der Waals surface area contributed by atoms with Crippen molar-refractivity contribution in [3.63, 3.8) is 0 Å². The van der Waals surface area contributed by atoms with Crippen molar-refractivity contribution in [1.82, 2.24) is 5.32 Å². The van der Waals surface area contributed by atoms with Gasteiger partial charge in [0.1, 0.15) is 0 Å². The van der Waals surface area contributed by atoms with Gasteiger partial charge in [-0.3, -0.25) is 0 Å². The second-order valence-corrected chi connectivity index (χ2v) is 11.1. The number of ether oxygens (including phenoxy) is 13. The van der Waals surface area contributed by atoms with E-state index in [1.165, 1.54) is 0 Å². The van der Waals surface area contributed by atoms with Crippen LogP contribution in [0.5, 0.6) is 0 Å². The van der Waals surface area contributed by atoms with E-state index in [0.717, 1.165) is 31.5 Å². The van der Waals surface area contributed by atoms with Crippen LogP contribution in [0.4, 0.5) is 0 Å². The van der Waals surface area contributed by atoms with Crippen molar-refractivity contribution in [1.29, 1.82) is 0 Å². The molecule has 0 atom stereocenters. The topological polar surface area (TPSA) is 132 Å². The molecule has 1 aliphatic heterocycles. The normalized spacial score (nSPS) is 13.8. The van der Waals surface area contributed by atoms with E-state index >= 15 is 0 Å². The molecule has 1 aromatic carbocycles. The van der Waals surface area contributed by atoms with Gasteiger partial charge in [0, 0.05) is 0 Å². The molecule has 0 saturated carbocycles. The van der Waals surface area contributed by atoms with Crippen molar-refractivity contribution in [3.05, 3.63) is 35.9 Å². The lowest BCUT2D eigenvalue weighted by molar-refractivity contribution is -0.0328. The average Bonchev–Trinajstić information content (AvgIpc) is 3.15. The smallest absolute Gasteiger partial charge is 0.0718 e. The zero-order valence-corrected chi connectivity index (χ0v) is 30.3. The molecule has 1 N–H and O–H groups in total. The fraction of sp³-hybridized carbons (Fsp3) is 0.833. The van der Waals surface area contributed by atoms with Crippen LogP contribution in [0.1, 0.15) is 18.4 Å². The van der Waals surface area contributed by atoms with Crippen LogP contribution >= 0.6 is 0 Å². The quantitative estimate of drug-likeness (QED) is 0.0998. The highest BCUT2D eigenvalue weighted by Gasteiger charge is 2.12. The number of hydrogen-bond donors (Lipinski definition) is 1. The summed E-state index contributed by atoms with van der Waals surface area (Å²) in [5.74, 6) is 0. The van der Waals surface area contributed by atoms with Crippen LogP contribution in [-0.2, 0) is 68.2 Å². The third kappa shape index (κ3) is 31.4. The van der Waals surface area contributed by atoms with Crippen molar-refractivity contribution in [2.45, 2.75) is 25.6 Å². The summed E-state index contributed by atoms with van der Waals surface area (Å²) in [5.41, 5.74) is 1.16. The molecule has 0 amide bonds. The standard InChI is InChI=1S/C36H65NO13/c1-2-4-35(5-3-1)34-49-31-30-47-27-26-45-23-22-43-19-18-41-15-14-39-11-10-38-12-13-40-16-17-42-20-21-44-24-25-46-28-29-48-32-33-50-36-6-8-37-9-7-36/h1-5,36-37H,6-34H2. The lowest BCUT2D eigenvalue weighted by Gasteiger charge is -2.22. The van der Waals surface area contributed by atoms with E-state index in [9.17, 15) is 0 Å². The Hall–Kier alpha value is -1.34. The summed E-state index contributed by atoms with van der Waals surface area (Å²) in [6.07, 6.45) is 2.53. The first kappa shape index (κ1) is 44.8. The SMILES string of the molecule is c1ccc(COCCOCCOCCOCCOCCOCCOCCOCCOCCOCCOCCOCCOC2CCNCC2)cc1. The zero-order valence-electron chi connectivity index (χ0n) is 30.3. The Morgan fingerprint density at radius 3 is 0.960 bits per heavy atom. The zero-order chi connectivity index (χ0) is 35.1. The van der Waals surface area contributed by atoms with Gasteiger partial charge in [-0.25, -0.2) is 0 Å². The van der Waals surface area contributed by atoms with Crippen molar-refractivity contribution < 1.29 is 61.6 Å². The Balaban J connectivity index is 1.12. The molecule has 0 radical (unpaired) electrons. The molecule has 1 aliphatic rings. The molecule has 0 spiro atoms. The van der Waals surface area contributed by atoms with E-state index in [2.05, 4.69) is 5.32 Å². The molecule has 1 saturated heterocycles. The highest BCUT2D eigenvalue weighted by molar-refractivity contribution is 5.13. The first-order valence-electron chi connectivity index (χ1n) is 18.2. The molecule has 50 heavy (non-hydrogen) atoms. The monoisotopic (exact) mass is 719 g/mol. The van der Waals surface area contributed by atoms with Crippen molar-refractivity contribution in [2.24, 2.45) is 0 Å². The van der Waals surface area contributed by atoms with Gasteiger partial charge in [-0.1, -0.05) is 30.3 Å². The highest BCUT2D eigenvalue weighted by Crippen LogP contribution is 2.06. The van der Waals surface area contributed by atoms with Crippen LogP contribution < -0.4 is 5.32 Å². The summed E-state index contributed by atoms with van der Waals surface area (Å²) >= 11 is 0. The van der Waals surface area contributed by atoms with Crippen molar-refractivity contribution in [2.75, 3.05) is 172 Å². The summed E-state index contributed by atoms with van der Waals surface area (Å²) in [5, 5.41) is 3.33. The van der Waals surface area contributed by atoms with Crippen molar-refractivity contribution in [3.8, 4) is 0 Å². The first-order chi connectivity index (χ1) is 24.9. The molecule has 1 fully saturated rings. The molecule has 0 bridgehead atoms. The van der Waals surface area contributed by atoms with Crippen molar-refractivity contribution >= 4 is 0 Å². The molecule has 292 valence electrons. The van der Waals surface area contributed by atoms with Crippen LogP contribution in [-0.4, -0.2) is 178 Å². The van der Waals surface area contributed by atoms with Gasteiger partial charge in [-0.05, 0) is 31.5 Å². The minimum absolute atomic E-state index is 0.371. The van der Waals surface area contributed by atoms with Crippen LogP contribution in [0, 0.1) is 0 Å². The lowest BCUT2D eigenvalue weighted by Crippen LogP contribution is -2.33. The summed E-state index contributed by atoms with van der Waals surface area (Å²) in [7, 11) is 0. The number of hydrogen-bond acceptors (Lipinski definition) is 14. The molecule has 1 heterocycles. The van der Waals surface area contributed by atoms with E-state index in [1.54, 1.807) is 0 Å². The Morgan fingerprint density at radius 2 is 0.640 bits per heavy atom. The largest absolute Gasteiger partial charge is 0.377 e. The predicted molar refractivity (Wildman–Crippen MR) is 187 cm³/mol. The van der Waals surface area contributed by atoms with Crippen LogP contribution in [0.15, 0.2) is 30.3 Å². The van der Waals surface area contributed by atoms with E-state index in [1.807, 2.05) is 30.3 Å². The molecular formula is C36H65NO13. The number of nitrogens with one attached hydrogen (secondary N) is 1. The minimum atomic E-state index is 0.371. The Bertz CT molecular complexity index is 793. The third-order valence-electron chi connectivity index (χ3n) is 7.07. The summed E-state index contributed by atoms with van der Waals surface area (Å²) in [6.45, 7) is 15.5. The van der Waals surface area contributed by atoms with Crippen LogP contribution in [0.3, 0.4) is 0 Å². The second-order valence-electron chi connectivity index (χ2n) is 11.1. The first-order valence-corrected chi connectivity index (χ1v) is 18.2. The Labute approximate surface area is 299 Å². The Kier molecular flexibility index (Phi) is 33.5. The maximum atomic E-state index is 5.79. The molecule has 14 heteroatoms. The minimum Gasteiger partial charge on any atom is -0.377 e. The van der Waals surface area contributed by atoms with Gasteiger partial charge in [-0.15, -0.1) is 0 Å². The van der Waals surface area contributed by atoms with E-state index in [-0.39, 0.29) is 0 Å². The van der Waals surface area contributed by atoms with E-state index < -0.39 is 0 Å². The molecule has 0 unspecified atom stereocenters. The van der Waals surface area contributed by atoms with Crippen LogP contribution in [0.2, 0.25) is 0 Å². The third-order valence-corrected chi connectivity index (χ3v) is 7.07. The molecule has 1 aromatic rings. The van der Waals surface area contributed by atoms with Gasteiger partial charge in [0.2, 0.25) is 0 Å². The van der Waals surface area contributed by atoms with Gasteiger partial charge in [0.25, 0.3) is 0 Å². The van der Waals surface area contributed by atoms with Crippen LogP contribution in [0.25, 0.3) is 0 Å². The number of benzene rings is 1. The van der Waals surface area contributed by atoms with Gasteiger partial charge in [0.05, 0.1) is 171 Å². The number of rotatable bonds is 39. The lowest BCUT2D eigenvalue weighted by atomic mass is 10.1. The maximum Gasteiger partial charge on any atom is 0.0718 e. The summed E-state index contributed by atoms with van der Waals surface area (Å²) < 4.78 is 71.9. The fourth-order valence-electron chi connectivity index (χ4n) is 4.42. The van der Waals surface area contributed by atoms with E-state index in [4.69, 9.17) is 61.6 Å². The second kappa shape index (κ2) is 37.4.